The smallest absolute Gasteiger partial charge is 0.343 e. The highest BCUT2D eigenvalue weighted by atomic mass is 32.1. The Morgan fingerprint density at radius 2 is 1.73 bits per heavy atom. The molecule has 1 aliphatic rings. The molecule has 0 saturated carbocycles. The number of benzene rings is 2. The highest BCUT2D eigenvalue weighted by molar-refractivity contribution is 7.17. The summed E-state index contributed by atoms with van der Waals surface area (Å²) in [7, 11) is 0. The Labute approximate surface area is 265 Å². The quantitative estimate of drug-likeness (QED) is 0.0868. The molecule has 3 aromatic rings. The summed E-state index contributed by atoms with van der Waals surface area (Å²) in [5.41, 5.74) is 4.25. The number of hydrogen-bond acceptors (Lipinski definition) is 10. The van der Waals surface area contributed by atoms with Crippen LogP contribution in [0.1, 0.15) is 77.3 Å². The van der Waals surface area contributed by atoms with Crippen LogP contribution < -0.4 is 25.0 Å². The molecule has 2 N–H and O–H groups in total. The van der Waals surface area contributed by atoms with Gasteiger partial charge in [0.05, 0.1) is 37.2 Å². The fourth-order valence-electron chi connectivity index (χ4n) is 4.66. The van der Waals surface area contributed by atoms with Gasteiger partial charge in [0.1, 0.15) is 10.8 Å². The van der Waals surface area contributed by atoms with Gasteiger partial charge in [-0.05, 0) is 99.0 Å². The molecular weight excluding hydrogens is 598 g/mol. The first-order valence-corrected chi connectivity index (χ1v) is 15.7. The maximum atomic E-state index is 12.7. The highest BCUT2D eigenvalue weighted by Gasteiger charge is 2.30. The molecule has 0 spiro atoms. The molecule has 0 bridgehead atoms. The van der Waals surface area contributed by atoms with Crippen molar-refractivity contribution in [3.63, 3.8) is 0 Å². The predicted octanol–water partition coefficient (Wildman–Crippen LogP) is 5.55. The van der Waals surface area contributed by atoms with Crippen molar-refractivity contribution < 1.29 is 38.1 Å². The monoisotopic (exact) mass is 635 g/mol. The average molecular weight is 636 g/mol. The Bertz CT molecular complexity index is 1560. The van der Waals surface area contributed by atoms with Crippen LogP contribution in [-0.2, 0) is 27.2 Å². The van der Waals surface area contributed by atoms with Crippen LogP contribution in [-0.4, -0.2) is 49.8 Å². The minimum atomic E-state index is -1.01. The molecule has 1 aromatic heterocycles. The Balaban J connectivity index is 1.39. The lowest BCUT2D eigenvalue weighted by atomic mass is 9.88. The third-order valence-electron chi connectivity index (χ3n) is 6.84. The zero-order chi connectivity index (χ0) is 32.3. The number of carbonyl (C=O) groups excluding carboxylic acids is 4. The van der Waals surface area contributed by atoms with Crippen molar-refractivity contribution in [3.8, 4) is 17.2 Å². The van der Waals surface area contributed by atoms with Crippen molar-refractivity contribution in [2.45, 2.75) is 53.4 Å². The molecule has 0 saturated heterocycles. The van der Waals surface area contributed by atoms with Crippen molar-refractivity contribution in [2.24, 2.45) is 11.0 Å². The number of nitrogens with one attached hydrogen (secondary N) is 2. The average Bonchev–Trinajstić information content (AvgIpc) is 3.38. The summed E-state index contributed by atoms with van der Waals surface area (Å²) >= 11 is 1.29. The van der Waals surface area contributed by atoms with Crippen LogP contribution in [0.4, 0.5) is 5.00 Å². The Morgan fingerprint density at radius 1 is 0.956 bits per heavy atom. The maximum Gasteiger partial charge on any atom is 0.343 e. The highest BCUT2D eigenvalue weighted by Crippen LogP contribution is 2.40. The molecule has 2 aromatic carbocycles. The van der Waals surface area contributed by atoms with Crippen molar-refractivity contribution in [2.75, 3.05) is 25.1 Å². The van der Waals surface area contributed by atoms with Crippen LogP contribution in [0.15, 0.2) is 47.6 Å². The minimum absolute atomic E-state index is 0.194. The molecule has 1 aliphatic carbocycles. The van der Waals surface area contributed by atoms with E-state index in [1.807, 2.05) is 6.92 Å². The number of hydrazone groups is 1. The van der Waals surface area contributed by atoms with Crippen molar-refractivity contribution in [1.82, 2.24) is 5.43 Å². The van der Waals surface area contributed by atoms with E-state index in [-0.39, 0.29) is 12.4 Å². The van der Waals surface area contributed by atoms with E-state index >= 15 is 0 Å². The summed E-state index contributed by atoms with van der Waals surface area (Å²) in [4.78, 5) is 51.7. The van der Waals surface area contributed by atoms with Crippen molar-refractivity contribution in [3.05, 3.63) is 69.6 Å². The first kappa shape index (κ1) is 33.2. The zero-order valence-corrected chi connectivity index (χ0v) is 26.6. The van der Waals surface area contributed by atoms with Crippen molar-refractivity contribution in [1.29, 1.82) is 0 Å². The first-order valence-electron chi connectivity index (χ1n) is 14.9. The molecule has 1 heterocycles. The van der Waals surface area contributed by atoms with Gasteiger partial charge >= 0.3 is 23.8 Å². The normalized spacial score (nSPS) is 13.9. The molecule has 2 amide bonds. The minimum Gasteiger partial charge on any atom is -0.494 e. The largest absolute Gasteiger partial charge is 0.494 e. The Kier molecular flexibility index (Phi) is 11.7. The summed E-state index contributed by atoms with van der Waals surface area (Å²) in [6, 6.07) is 11.4. The molecule has 0 aliphatic heterocycles. The lowest BCUT2D eigenvalue weighted by Crippen LogP contribution is -2.32. The lowest BCUT2D eigenvalue weighted by Gasteiger charge is -2.18. The molecular formula is C33H37N3O8S. The lowest BCUT2D eigenvalue weighted by molar-refractivity contribution is -0.136. The second-order valence-corrected chi connectivity index (χ2v) is 11.4. The molecule has 1 unspecified atom stereocenters. The van der Waals surface area contributed by atoms with Gasteiger partial charge < -0.3 is 24.3 Å². The van der Waals surface area contributed by atoms with Crippen molar-refractivity contribution >= 4 is 46.3 Å². The molecule has 11 nitrogen and oxygen atoms in total. The van der Waals surface area contributed by atoms with Gasteiger partial charge in [0.25, 0.3) is 0 Å². The molecule has 45 heavy (non-hydrogen) atoms. The summed E-state index contributed by atoms with van der Waals surface area (Å²) in [5, 5.41) is 6.75. The third kappa shape index (κ3) is 8.69. The number of amides is 2. The fourth-order valence-corrected chi connectivity index (χ4v) is 6.05. The van der Waals surface area contributed by atoms with Gasteiger partial charge in [-0.25, -0.2) is 15.0 Å². The van der Waals surface area contributed by atoms with Crippen LogP contribution in [0, 0.1) is 5.92 Å². The summed E-state index contributed by atoms with van der Waals surface area (Å²) < 4.78 is 22.0. The number of carbonyl (C=O) groups is 4. The number of esters is 2. The SMILES string of the molecule is CCCOc1ccc(C(=O)Oc2ccc(/C=N/NC(=O)C(=O)Nc3sc4c(c3C(=O)OCC)CCC(C)C4)cc2OCC)cc1. The number of fused-ring (bicyclic) bond motifs is 1. The van der Waals surface area contributed by atoms with Gasteiger partial charge in [0.2, 0.25) is 0 Å². The molecule has 0 fully saturated rings. The number of hydrogen-bond donors (Lipinski definition) is 2. The predicted molar refractivity (Wildman–Crippen MR) is 171 cm³/mol. The zero-order valence-electron chi connectivity index (χ0n) is 25.8. The summed E-state index contributed by atoms with van der Waals surface area (Å²) in [6.45, 7) is 8.74. The number of nitrogens with zero attached hydrogens (tertiary/aromatic N) is 1. The van der Waals surface area contributed by atoms with Gasteiger partial charge in [-0.3, -0.25) is 9.59 Å². The second kappa shape index (κ2) is 15.8. The maximum absolute atomic E-state index is 12.7. The molecule has 4 rings (SSSR count). The molecule has 1 atom stereocenters. The Hall–Kier alpha value is -4.71. The number of rotatable bonds is 12. The summed E-state index contributed by atoms with van der Waals surface area (Å²) in [5.74, 6) is -1.44. The van der Waals surface area contributed by atoms with E-state index in [2.05, 4.69) is 22.8 Å². The van der Waals surface area contributed by atoms with Crippen LogP contribution in [0.2, 0.25) is 0 Å². The van der Waals surface area contributed by atoms with Gasteiger partial charge in [0.15, 0.2) is 11.5 Å². The number of anilines is 1. The van der Waals surface area contributed by atoms with Gasteiger partial charge in [0, 0.05) is 4.88 Å². The van der Waals surface area contributed by atoms with E-state index in [0.29, 0.717) is 58.7 Å². The molecule has 12 heteroatoms. The van der Waals surface area contributed by atoms with E-state index in [1.165, 1.54) is 17.6 Å². The third-order valence-corrected chi connectivity index (χ3v) is 8.01. The van der Waals surface area contributed by atoms with Gasteiger partial charge in [-0.1, -0.05) is 13.8 Å². The molecule has 0 radical (unpaired) electrons. The fraction of sp³-hybridized carbons (Fsp3) is 0.364. The van der Waals surface area contributed by atoms with Crippen LogP contribution in [0.5, 0.6) is 17.2 Å². The van der Waals surface area contributed by atoms with Gasteiger partial charge in [-0.2, -0.15) is 5.10 Å². The Morgan fingerprint density at radius 3 is 2.44 bits per heavy atom. The van der Waals surface area contributed by atoms with E-state index in [4.69, 9.17) is 18.9 Å². The topological polar surface area (TPSA) is 142 Å². The van der Waals surface area contributed by atoms with Crippen LogP contribution in [0.3, 0.4) is 0 Å². The van der Waals surface area contributed by atoms with E-state index < -0.39 is 23.8 Å². The van der Waals surface area contributed by atoms with Gasteiger partial charge in [-0.15, -0.1) is 11.3 Å². The summed E-state index contributed by atoms with van der Waals surface area (Å²) in [6.07, 6.45) is 4.63. The molecule has 238 valence electrons. The van der Waals surface area contributed by atoms with E-state index in [1.54, 1.807) is 56.3 Å². The first-order chi connectivity index (χ1) is 21.7. The van der Waals surface area contributed by atoms with E-state index in [9.17, 15) is 19.2 Å². The van der Waals surface area contributed by atoms with Crippen LogP contribution in [0.25, 0.3) is 0 Å². The second-order valence-electron chi connectivity index (χ2n) is 10.3. The van der Waals surface area contributed by atoms with Crippen LogP contribution >= 0.6 is 11.3 Å². The van der Waals surface area contributed by atoms with E-state index in [0.717, 1.165) is 29.7 Å². The number of ether oxygens (including phenoxy) is 4. The standard InChI is InChI=1S/C33H37N3O8S/c1-5-16-43-23-12-10-22(11-13-23)32(39)44-25-15-9-21(18-26(25)41-6-2)19-34-36-30(38)29(37)35-31-28(33(40)42-7-3)24-14-8-20(4)17-27(24)45-31/h9-13,15,18-20H,5-8,14,16-17H2,1-4H3,(H,35,37)(H,36,38)/b34-19+. The number of thiophene rings is 1.